The van der Waals surface area contributed by atoms with Gasteiger partial charge < -0.3 is 10.2 Å². The molecule has 26 heavy (non-hydrogen) atoms. The lowest BCUT2D eigenvalue weighted by molar-refractivity contribution is 0.199. The predicted octanol–water partition coefficient (Wildman–Crippen LogP) is 5.10. The van der Waals surface area contributed by atoms with E-state index in [-0.39, 0.29) is 5.75 Å². The monoisotopic (exact) mass is 364 g/mol. The van der Waals surface area contributed by atoms with Gasteiger partial charge in [0.25, 0.3) is 0 Å². The summed E-state index contributed by atoms with van der Waals surface area (Å²) in [6.45, 7) is 1.74. The Morgan fingerprint density at radius 2 is 1.85 bits per heavy atom. The predicted molar refractivity (Wildman–Crippen MR) is 104 cm³/mol. The highest BCUT2D eigenvalue weighted by molar-refractivity contribution is 6.32. The highest BCUT2D eigenvalue weighted by atomic mass is 35.5. The van der Waals surface area contributed by atoms with Gasteiger partial charge in [-0.25, -0.2) is 4.98 Å². The molecule has 4 aromatic rings. The van der Waals surface area contributed by atoms with Crippen LogP contribution in [-0.2, 0) is 0 Å². The standard InChI is InChI=1S/C21H17ClN2O2/c1-13(25)14-8-9-20-19(11-14)23-12-24(20)16-5-2-4-15(10-16)17-6-3-7-18(22)21(17)26/h2-13,25-26H,1H3/t13-/m0/s1. The first-order valence-electron chi connectivity index (χ1n) is 8.28. The molecule has 0 bridgehead atoms. The molecule has 0 radical (unpaired) electrons. The van der Waals surface area contributed by atoms with Crippen LogP contribution in [0.15, 0.2) is 67.0 Å². The summed E-state index contributed by atoms with van der Waals surface area (Å²) < 4.78 is 1.98. The second kappa shape index (κ2) is 6.48. The topological polar surface area (TPSA) is 58.3 Å². The summed E-state index contributed by atoms with van der Waals surface area (Å²) in [4.78, 5) is 4.45. The average molecular weight is 365 g/mol. The van der Waals surface area contributed by atoms with E-state index >= 15 is 0 Å². The van der Waals surface area contributed by atoms with Crippen molar-refractivity contribution in [1.82, 2.24) is 9.55 Å². The third-order valence-corrected chi connectivity index (χ3v) is 4.78. The molecule has 0 aliphatic carbocycles. The number of phenols is 1. The molecule has 3 aromatic carbocycles. The fraction of sp³-hybridized carbons (Fsp3) is 0.0952. The Hall–Kier alpha value is -2.82. The minimum Gasteiger partial charge on any atom is -0.506 e. The van der Waals surface area contributed by atoms with Gasteiger partial charge in [0.2, 0.25) is 0 Å². The van der Waals surface area contributed by atoms with E-state index in [1.54, 1.807) is 19.3 Å². The summed E-state index contributed by atoms with van der Waals surface area (Å²) in [5.74, 6) is 0.0726. The number of aromatic nitrogens is 2. The third-order valence-electron chi connectivity index (χ3n) is 4.48. The molecule has 0 aliphatic rings. The Morgan fingerprint density at radius 1 is 1.04 bits per heavy atom. The zero-order valence-corrected chi connectivity index (χ0v) is 14.9. The molecule has 0 amide bonds. The number of benzene rings is 3. The summed E-state index contributed by atoms with van der Waals surface area (Å²) in [6.07, 6.45) is 1.23. The molecule has 4 rings (SSSR count). The van der Waals surface area contributed by atoms with E-state index in [4.69, 9.17) is 11.6 Å². The van der Waals surface area contributed by atoms with Crippen molar-refractivity contribution in [2.75, 3.05) is 0 Å². The Bertz CT molecular complexity index is 1100. The first kappa shape index (κ1) is 16.6. The Kier molecular flexibility index (Phi) is 4.15. The molecule has 0 unspecified atom stereocenters. The van der Waals surface area contributed by atoms with Crippen molar-refractivity contribution in [1.29, 1.82) is 0 Å². The van der Waals surface area contributed by atoms with Gasteiger partial charge in [-0.3, -0.25) is 4.57 Å². The third kappa shape index (κ3) is 2.83. The fourth-order valence-corrected chi connectivity index (χ4v) is 3.24. The van der Waals surface area contributed by atoms with Crippen LogP contribution in [0.2, 0.25) is 5.02 Å². The number of nitrogens with zero attached hydrogens (tertiary/aromatic N) is 2. The van der Waals surface area contributed by atoms with Crippen molar-refractivity contribution in [3.63, 3.8) is 0 Å². The molecule has 5 heteroatoms. The van der Waals surface area contributed by atoms with Crippen molar-refractivity contribution < 1.29 is 10.2 Å². The fourth-order valence-electron chi connectivity index (χ4n) is 3.07. The summed E-state index contributed by atoms with van der Waals surface area (Å²) in [6, 6.07) is 18.9. The number of aromatic hydroxyl groups is 1. The Labute approximate surface area is 155 Å². The summed E-state index contributed by atoms with van der Waals surface area (Å²) in [7, 11) is 0. The zero-order chi connectivity index (χ0) is 18.3. The van der Waals surface area contributed by atoms with Crippen LogP contribution >= 0.6 is 11.6 Å². The molecule has 0 fully saturated rings. The number of hydrogen-bond acceptors (Lipinski definition) is 3. The van der Waals surface area contributed by atoms with Gasteiger partial charge in [-0.05, 0) is 48.4 Å². The lowest BCUT2D eigenvalue weighted by Crippen LogP contribution is -1.94. The van der Waals surface area contributed by atoms with Crippen LogP contribution in [0, 0.1) is 0 Å². The first-order valence-corrected chi connectivity index (χ1v) is 8.66. The van der Waals surface area contributed by atoms with E-state index < -0.39 is 6.10 Å². The van der Waals surface area contributed by atoms with Gasteiger partial charge in [0.15, 0.2) is 0 Å². The van der Waals surface area contributed by atoms with E-state index in [0.29, 0.717) is 10.6 Å². The molecule has 0 saturated carbocycles. The quantitative estimate of drug-likeness (QED) is 0.531. The van der Waals surface area contributed by atoms with E-state index in [0.717, 1.165) is 27.8 Å². The number of rotatable bonds is 3. The molecule has 1 atom stereocenters. The van der Waals surface area contributed by atoms with Crippen molar-refractivity contribution in [3.05, 3.63) is 77.6 Å². The number of fused-ring (bicyclic) bond motifs is 1. The van der Waals surface area contributed by atoms with E-state index in [1.165, 1.54) is 0 Å². The van der Waals surface area contributed by atoms with Crippen LogP contribution in [0.1, 0.15) is 18.6 Å². The Morgan fingerprint density at radius 3 is 2.65 bits per heavy atom. The number of aliphatic hydroxyl groups excluding tert-OH is 1. The SMILES string of the molecule is C[C@H](O)c1ccc2c(c1)ncn2-c1cccc(-c2cccc(Cl)c2O)c1. The smallest absolute Gasteiger partial charge is 0.141 e. The summed E-state index contributed by atoms with van der Waals surface area (Å²) >= 11 is 6.04. The molecule has 130 valence electrons. The molecule has 0 saturated heterocycles. The molecule has 4 nitrogen and oxygen atoms in total. The minimum absolute atomic E-state index is 0.0726. The second-order valence-electron chi connectivity index (χ2n) is 6.23. The second-order valence-corrected chi connectivity index (χ2v) is 6.63. The lowest BCUT2D eigenvalue weighted by Gasteiger charge is -2.10. The highest BCUT2D eigenvalue weighted by Gasteiger charge is 2.11. The number of imidazole rings is 1. The van der Waals surface area contributed by atoms with Crippen LogP contribution in [-0.4, -0.2) is 19.8 Å². The normalized spacial score (nSPS) is 12.4. The van der Waals surface area contributed by atoms with Gasteiger partial charge in [-0.2, -0.15) is 0 Å². The van der Waals surface area contributed by atoms with Gasteiger partial charge in [-0.15, -0.1) is 0 Å². The first-order chi connectivity index (χ1) is 12.5. The maximum Gasteiger partial charge on any atom is 0.141 e. The van der Waals surface area contributed by atoms with Crippen molar-refractivity contribution in [3.8, 4) is 22.6 Å². The van der Waals surface area contributed by atoms with Crippen molar-refractivity contribution >= 4 is 22.6 Å². The van der Waals surface area contributed by atoms with Gasteiger partial charge in [0.05, 0.1) is 22.2 Å². The van der Waals surface area contributed by atoms with Crippen LogP contribution < -0.4 is 0 Å². The minimum atomic E-state index is -0.529. The molecule has 2 N–H and O–H groups in total. The number of phenolic OH excluding ortho intramolecular Hbond substituents is 1. The molecule has 0 spiro atoms. The molecule has 1 aromatic heterocycles. The zero-order valence-electron chi connectivity index (χ0n) is 14.1. The summed E-state index contributed by atoms with van der Waals surface area (Å²) in [5, 5.41) is 20.3. The van der Waals surface area contributed by atoms with Gasteiger partial charge in [0, 0.05) is 11.3 Å². The lowest BCUT2D eigenvalue weighted by atomic mass is 10.0. The number of para-hydroxylation sites is 1. The Balaban J connectivity index is 1.82. The van der Waals surface area contributed by atoms with E-state index in [1.807, 2.05) is 59.2 Å². The molecular formula is C21H17ClN2O2. The molecule has 0 aliphatic heterocycles. The van der Waals surface area contributed by atoms with Crippen LogP contribution in [0.5, 0.6) is 5.75 Å². The highest BCUT2D eigenvalue weighted by Crippen LogP contribution is 2.35. The number of halogens is 1. The van der Waals surface area contributed by atoms with Crippen LogP contribution in [0.4, 0.5) is 0 Å². The van der Waals surface area contributed by atoms with Crippen LogP contribution in [0.25, 0.3) is 27.8 Å². The average Bonchev–Trinajstić information content (AvgIpc) is 3.07. The summed E-state index contributed by atoms with van der Waals surface area (Å²) in [5.41, 5.74) is 5.07. The van der Waals surface area contributed by atoms with Crippen molar-refractivity contribution in [2.45, 2.75) is 13.0 Å². The van der Waals surface area contributed by atoms with Gasteiger partial charge in [-0.1, -0.05) is 41.9 Å². The van der Waals surface area contributed by atoms with Gasteiger partial charge in [0.1, 0.15) is 12.1 Å². The van der Waals surface area contributed by atoms with E-state index in [9.17, 15) is 10.2 Å². The number of hydrogen-bond donors (Lipinski definition) is 2. The molecule has 1 heterocycles. The number of aliphatic hydroxyl groups is 1. The van der Waals surface area contributed by atoms with Crippen LogP contribution in [0.3, 0.4) is 0 Å². The molecular weight excluding hydrogens is 348 g/mol. The van der Waals surface area contributed by atoms with E-state index in [2.05, 4.69) is 4.98 Å². The largest absolute Gasteiger partial charge is 0.506 e. The van der Waals surface area contributed by atoms with Crippen molar-refractivity contribution in [2.24, 2.45) is 0 Å². The maximum atomic E-state index is 10.3. The maximum absolute atomic E-state index is 10.3. The van der Waals surface area contributed by atoms with Gasteiger partial charge >= 0.3 is 0 Å².